The van der Waals surface area contributed by atoms with Gasteiger partial charge >= 0.3 is 0 Å². The van der Waals surface area contributed by atoms with E-state index in [0.717, 1.165) is 25.8 Å². The lowest BCUT2D eigenvalue weighted by Gasteiger charge is -2.10. The molecular weight excluding hydrogens is 427 g/mol. The zero-order valence-electron chi connectivity index (χ0n) is 15.8. The van der Waals surface area contributed by atoms with Crippen LogP contribution in [-0.4, -0.2) is 34.9 Å². The minimum absolute atomic E-state index is 0. The second-order valence-electron chi connectivity index (χ2n) is 6.01. The first-order valence-electron chi connectivity index (χ1n) is 8.88. The average molecular weight is 458 g/mol. The summed E-state index contributed by atoms with van der Waals surface area (Å²) in [5.74, 6) is -0.963. The summed E-state index contributed by atoms with van der Waals surface area (Å²) in [6.45, 7) is 1.38. The van der Waals surface area contributed by atoms with E-state index in [1.165, 1.54) is 32.1 Å². The lowest BCUT2D eigenvalue weighted by atomic mass is 10.1. The van der Waals surface area contributed by atoms with Gasteiger partial charge in [0.1, 0.15) is 0 Å². The molecule has 0 bridgehead atoms. The van der Waals surface area contributed by atoms with Crippen molar-refractivity contribution < 1.29 is 4.79 Å². The standard InChI is InChI=1S/C16H29ClN8O.2ClH/c17-12-14(20)24-13(19)11(23-12)15(26)25-16(21)22-10-8-6-4-2-1-3-5-7-9-18;;/h1-10,18H2,(H4,19,20,24)(H3,21,22,25,26);2*1H. The van der Waals surface area contributed by atoms with E-state index in [1.807, 2.05) is 0 Å². The number of nitrogens with zero attached hydrogens (tertiary/aromatic N) is 2. The van der Waals surface area contributed by atoms with Gasteiger partial charge in [0.15, 0.2) is 28.4 Å². The minimum atomic E-state index is -0.660. The van der Waals surface area contributed by atoms with Crippen LogP contribution in [0.5, 0.6) is 0 Å². The summed E-state index contributed by atoms with van der Waals surface area (Å²) in [5.41, 5.74) is 16.4. The number of nitrogens with one attached hydrogen (secondary N) is 3. The smallest absolute Gasteiger partial charge is 0.280 e. The molecule has 162 valence electrons. The molecule has 0 spiro atoms. The van der Waals surface area contributed by atoms with E-state index in [0.29, 0.717) is 6.54 Å². The lowest BCUT2D eigenvalue weighted by Crippen LogP contribution is -2.41. The summed E-state index contributed by atoms with van der Waals surface area (Å²) in [5, 5.41) is 12.8. The first kappa shape index (κ1) is 28.7. The first-order valence-corrected chi connectivity index (χ1v) is 9.25. The predicted octanol–water partition coefficient (Wildman–Crippen LogP) is 2.47. The Hall–Kier alpha value is -1.55. The van der Waals surface area contributed by atoms with Gasteiger partial charge in [-0.15, -0.1) is 24.8 Å². The van der Waals surface area contributed by atoms with Crippen LogP contribution in [0.25, 0.3) is 0 Å². The van der Waals surface area contributed by atoms with E-state index >= 15 is 0 Å². The van der Waals surface area contributed by atoms with Crippen LogP contribution in [0.2, 0.25) is 5.15 Å². The summed E-state index contributed by atoms with van der Waals surface area (Å²) in [7, 11) is 0. The van der Waals surface area contributed by atoms with Crippen LogP contribution in [0.3, 0.4) is 0 Å². The van der Waals surface area contributed by atoms with Gasteiger partial charge in [-0.2, -0.15) is 0 Å². The van der Waals surface area contributed by atoms with Gasteiger partial charge in [-0.1, -0.05) is 50.1 Å². The molecule has 0 fully saturated rings. The number of halogens is 3. The fourth-order valence-corrected chi connectivity index (χ4v) is 2.50. The Bertz CT molecular complexity index is 603. The van der Waals surface area contributed by atoms with Crippen LogP contribution in [0.1, 0.15) is 61.9 Å². The highest BCUT2D eigenvalue weighted by Crippen LogP contribution is 2.17. The van der Waals surface area contributed by atoms with Crippen LogP contribution < -0.4 is 27.8 Å². The number of carbonyl (C=O) groups excluding carboxylic acids is 1. The number of anilines is 2. The topological polar surface area (TPSA) is 169 Å². The highest BCUT2D eigenvalue weighted by atomic mass is 35.5. The van der Waals surface area contributed by atoms with Gasteiger partial charge in [-0.25, -0.2) is 9.97 Å². The van der Waals surface area contributed by atoms with E-state index in [-0.39, 0.29) is 53.3 Å². The molecule has 0 saturated heterocycles. The molecular formula is C16H31Cl3N8O. The number of guanidine groups is 1. The Balaban J connectivity index is 0. The third kappa shape index (κ3) is 11.3. The molecule has 1 aromatic rings. The van der Waals surface area contributed by atoms with Crippen molar-refractivity contribution >= 4 is 59.9 Å². The van der Waals surface area contributed by atoms with Crippen molar-refractivity contribution in [1.29, 1.82) is 5.41 Å². The number of carbonyl (C=O) groups is 1. The van der Waals surface area contributed by atoms with Gasteiger partial charge in [0, 0.05) is 6.54 Å². The van der Waals surface area contributed by atoms with E-state index in [1.54, 1.807) is 0 Å². The molecule has 0 aliphatic heterocycles. The Morgan fingerprint density at radius 2 is 1.46 bits per heavy atom. The van der Waals surface area contributed by atoms with Crippen molar-refractivity contribution in [1.82, 2.24) is 20.6 Å². The molecule has 1 heterocycles. The monoisotopic (exact) mass is 456 g/mol. The van der Waals surface area contributed by atoms with E-state index in [9.17, 15) is 4.79 Å². The number of rotatable bonds is 11. The fourth-order valence-electron chi connectivity index (χ4n) is 2.37. The molecule has 1 amide bonds. The largest absolute Gasteiger partial charge is 0.382 e. The molecule has 1 rings (SSSR count). The Labute approximate surface area is 183 Å². The van der Waals surface area contributed by atoms with Crippen molar-refractivity contribution in [2.24, 2.45) is 5.73 Å². The number of unbranched alkanes of at least 4 members (excludes halogenated alkanes) is 7. The molecule has 0 aliphatic carbocycles. The molecule has 0 saturated carbocycles. The normalized spacial score (nSPS) is 9.79. The number of amides is 1. The molecule has 12 heteroatoms. The maximum Gasteiger partial charge on any atom is 0.280 e. The number of nitrogens with two attached hydrogens (primary N) is 3. The molecule has 0 aliphatic rings. The molecule has 9 nitrogen and oxygen atoms in total. The molecule has 1 aromatic heterocycles. The van der Waals surface area contributed by atoms with Crippen molar-refractivity contribution in [2.75, 3.05) is 24.6 Å². The zero-order chi connectivity index (χ0) is 19.4. The summed E-state index contributed by atoms with van der Waals surface area (Å²) in [6, 6.07) is 0. The summed E-state index contributed by atoms with van der Waals surface area (Å²) >= 11 is 5.74. The fraction of sp³-hybridized carbons (Fsp3) is 0.625. The molecule has 9 N–H and O–H groups in total. The minimum Gasteiger partial charge on any atom is -0.382 e. The molecule has 0 aromatic carbocycles. The van der Waals surface area contributed by atoms with Gasteiger partial charge in [0.05, 0.1) is 0 Å². The maximum absolute atomic E-state index is 12.0. The van der Waals surface area contributed by atoms with Crippen molar-refractivity contribution in [2.45, 2.75) is 51.4 Å². The first-order chi connectivity index (χ1) is 12.5. The van der Waals surface area contributed by atoms with Gasteiger partial charge in [0.2, 0.25) is 0 Å². The average Bonchev–Trinajstić information content (AvgIpc) is 2.59. The van der Waals surface area contributed by atoms with Crippen LogP contribution in [0.4, 0.5) is 11.6 Å². The number of hydrogen-bond donors (Lipinski definition) is 6. The highest BCUT2D eigenvalue weighted by molar-refractivity contribution is 6.31. The Morgan fingerprint density at radius 1 is 0.929 bits per heavy atom. The second kappa shape index (κ2) is 16.4. The summed E-state index contributed by atoms with van der Waals surface area (Å²) in [6.07, 6.45) is 9.20. The van der Waals surface area contributed by atoms with Crippen LogP contribution in [0.15, 0.2) is 0 Å². The quantitative estimate of drug-likeness (QED) is 0.168. The second-order valence-corrected chi connectivity index (χ2v) is 6.36. The lowest BCUT2D eigenvalue weighted by molar-refractivity contribution is 0.0971. The number of hydrogen-bond acceptors (Lipinski definition) is 7. The van der Waals surface area contributed by atoms with Crippen LogP contribution in [0, 0.1) is 5.41 Å². The van der Waals surface area contributed by atoms with E-state index in [4.69, 9.17) is 34.2 Å². The van der Waals surface area contributed by atoms with Crippen LogP contribution in [-0.2, 0) is 0 Å². The molecule has 0 atom stereocenters. The van der Waals surface area contributed by atoms with Gasteiger partial charge < -0.3 is 22.5 Å². The maximum atomic E-state index is 12.0. The molecule has 0 unspecified atom stereocenters. The number of aromatic nitrogens is 2. The Morgan fingerprint density at radius 3 is 2.04 bits per heavy atom. The van der Waals surface area contributed by atoms with Gasteiger partial charge in [-0.3, -0.25) is 15.5 Å². The highest BCUT2D eigenvalue weighted by Gasteiger charge is 2.16. The SMILES string of the molecule is Cl.Cl.N=C(NCCCCCCCCCCN)NC(=O)c1nc(Cl)c(N)nc1N. The van der Waals surface area contributed by atoms with Gasteiger partial charge in [0.25, 0.3) is 5.91 Å². The Kier molecular flexibility index (Phi) is 16.8. The van der Waals surface area contributed by atoms with Gasteiger partial charge in [-0.05, 0) is 19.4 Å². The summed E-state index contributed by atoms with van der Waals surface area (Å²) < 4.78 is 0. The van der Waals surface area contributed by atoms with Crippen molar-refractivity contribution in [3.63, 3.8) is 0 Å². The summed E-state index contributed by atoms with van der Waals surface area (Å²) in [4.78, 5) is 19.6. The van der Waals surface area contributed by atoms with E-state index < -0.39 is 5.91 Å². The predicted molar refractivity (Wildman–Crippen MR) is 120 cm³/mol. The third-order valence-corrected chi connectivity index (χ3v) is 4.07. The van der Waals surface area contributed by atoms with Crippen molar-refractivity contribution in [3.8, 4) is 0 Å². The van der Waals surface area contributed by atoms with E-state index in [2.05, 4.69) is 20.6 Å². The third-order valence-electron chi connectivity index (χ3n) is 3.79. The molecule has 0 radical (unpaired) electrons. The van der Waals surface area contributed by atoms with Crippen molar-refractivity contribution in [3.05, 3.63) is 10.8 Å². The number of nitrogen functional groups attached to an aromatic ring is 2. The van der Waals surface area contributed by atoms with Crippen LogP contribution >= 0.6 is 36.4 Å². The molecule has 28 heavy (non-hydrogen) atoms. The zero-order valence-corrected chi connectivity index (χ0v) is 18.2.